The van der Waals surface area contributed by atoms with Gasteiger partial charge in [0.15, 0.2) is 11.3 Å². The van der Waals surface area contributed by atoms with E-state index in [1.165, 1.54) is 10.9 Å². The zero-order chi connectivity index (χ0) is 24.5. The summed E-state index contributed by atoms with van der Waals surface area (Å²) >= 11 is 0. The van der Waals surface area contributed by atoms with Gasteiger partial charge in [0.1, 0.15) is 12.3 Å². The lowest BCUT2D eigenvalue weighted by molar-refractivity contribution is -0.142. The van der Waals surface area contributed by atoms with Gasteiger partial charge in [-0.15, -0.1) is 0 Å². The molecule has 4 rings (SSSR count). The van der Waals surface area contributed by atoms with E-state index in [4.69, 9.17) is 4.74 Å². The van der Waals surface area contributed by atoms with Crippen molar-refractivity contribution in [1.29, 1.82) is 0 Å². The van der Waals surface area contributed by atoms with E-state index in [0.29, 0.717) is 22.4 Å². The lowest BCUT2D eigenvalue weighted by Gasteiger charge is -2.12. The highest BCUT2D eigenvalue weighted by molar-refractivity contribution is 6.08. The van der Waals surface area contributed by atoms with E-state index in [1.54, 1.807) is 18.3 Å². The number of hydrogen-bond donors (Lipinski definition) is 1. The first-order valence-corrected chi connectivity index (χ1v) is 10.6. The summed E-state index contributed by atoms with van der Waals surface area (Å²) in [5, 5.41) is 10.5. The van der Waals surface area contributed by atoms with E-state index < -0.39 is 17.8 Å². The standard InChI is InChI=1S/C23H23F3N6O2/c1-4-34-13-31-12-17(10-27-31)29-22(33)18-11-28-32-20(23(24,25)26)9-19(30-21(18)32)16-7-5-15(6-8-16)14(2)3/h5-12,14H,4,13H2,1-3H3,(H,29,33). The van der Waals surface area contributed by atoms with Crippen LogP contribution in [-0.2, 0) is 17.6 Å². The Hall–Kier alpha value is -3.73. The van der Waals surface area contributed by atoms with Gasteiger partial charge >= 0.3 is 6.18 Å². The number of fused-ring (bicyclic) bond motifs is 1. The van der Waals surface area contributed by atoms with E-state index in [9.17, 15) is 18.0 Å². The maximum atomic E-state index is 13.8. The molecule has 0 atom stereocenters. The predicted octanol–water partition coefficient (Wildman–Crippen LogP) is 4.98. The second-order valence-electron chi connectivity index (χ2n) is 7.94. The van der Waals surface area contributed by atoms with Gasteiger partial charge in [0.2, 0.25) is 0 Å². The monoisotopic (exact) mass is 472 g/mol. The molecule has 4 aromatic rings. The minimum Gasteiger partial charge on any atom is -0.360 e. The van der Waals surface area contributed by atoms with Crippen LogP contribution in [0.25, 0.3) is 16.9 Å². The van der Waals surface area contributed by atoms with E-state index >= 15 is 0 Å². The van der Waals surface area contributed by atoms with Crippen LogP contribution in [-0.4, -0.2) is 36.9 Å². The summed E-state index contributed by atoms with van der Waals surface area (Å²) in [6, 6.07) is 8.07. The van der Waals surface area contributed by atoms with Gasteiger partial charge in [0, 0.05) is 12.2 Å². The first-order valence-electron chi connectivity index (χ1n) is 10.6. The molecular weight excluding hydrogens is 449 g/mol. The van der Waals surface area contributed by atoms with Crippen LogP contribution < -0.4 is 5.32 Å². The number of amides is 1. The van der Waals surface area contributed by atoms with Crippen molar-refractivity contribution < 1.29 is 22.7 Å². The van der Waals surface area contributed by atoms with Crippen molar-refractivity contribution in [2.75, 3.05) is 11.9 Å². The molecule has 11 heteroatoms. The minimum absolute atomic E-state index is 0.0919. The summed E-state index contributed by atoms with van der Waals surface area (Å²) in [5.41, 5.74) is 0.691. The summed E-state index contributed by atoms with van der Waals surface area (Å²) in [7, 11) is 0. The number of carbonyl (C=O) groups is 1. The maximum Gasteiger partial charge on any atom is 0.433 e. The molecule has 178 valence electrons. The number of hydrogen-bond acceptors (Lipinski definition) is 5. The number of halogens is 3. The normalized spacial score (nSPS) is 12.0. The van der Waals surface area contributed by atoms with Crippen molar-refractivity contribution in [3.05, 3.63) is 65.7 Å². The van der Waals surface area contributed by atoms with Crippen LogP contribution in [0.15, 0.2) is 48.9 Å². The van der Waals surface area contributed by atoms with Gasteiger partial charge in [0.25, 0.3) is 5.91 Å². The Morgan fingerprint density at radius 2 is 1.88 bits per heavy atom. The van der Waals surface area contributed by atoms with Gasteiger partial charge in [-0.25, -0.2) is 14.2 Å². The minimum atomic E-state index is -4.70. The quantitative estimate of drug-likeness (QED) is 0.410. The van der Waals surface area contributed by atoms with E-state index in [-0.39, 0.29) is 29.6 Å². The van der Waals surface area contributed by atoms with Crippen molar-refractivity contribution in [2.24, 2.45) is 0 Å². The van der Waals surface area contributed by atoms with E-state index in [0.717, 1.165) is 17.8 Å². The van der Waals surface area contributed by atoms with Crippen molar-refractivity contribution in [3.8, 4) is 11.3 Å². The highest BCUT2D eigenvalue weighted by Crippen LogP contribution is 2.33. The molecule has 0 fully saturated rings. The number of nitrogens with zero attached hydrogens (tertiary/aromatic N) is 5. The van der Waals surface area contributed by atoms with Crippen molar-refractivity contribution in [1.82, 2.24) is 24.4 Å². The van der Waals surface area contributed by atoms with Crippen LogP contribution in [0.3, 0.4) is 0 Å². The van der Waals surface area contributed by atoms with Gasteiger partial charge in [-0.1, -0.05) is 38.1 Å². The molecular formula is C23H23F3N6O2. The first kappa shape index (κ1) is 23.4. The first-order chi connectivity index (χ1) is 16.2. The van der Waals surface area contributed by atoms with Crippen molar-refractivity contribution >= 4 is 17.2 Å². The average molecular weight is 472 g/mol. The SMILES string of the molecule is CCOCn1cc(NC(=O)c2cnn3c(C(F)(F)F)cc(-c4ccc(C(C)C)cc4)nc23)cn1. The van der Waals surface area contributed by atoms with Crippen LogP contribution >= 0.6 is 0 Å². The Morgan fingerprint density at radius 3 is 2.53 bits per heavy atom. The number of ether oxygens (including phenoxy) is 1. The molecule has 0 saturated heterocycles. The number of carbonyl (C=O) groups excluding carboxylic acids is 1. The molecule has 0 spiro atoms. The summed E-state index contributed by atoms with van der Waals surface area (Å²) in [6.45, 7) is 6.60. The highest BCUT2D eigenvalue weighted by atomic mass is 19.4. The lowest BCUT2D eigenvalue weighted by atomic mass is 10.0. The molecule has 0 aliphatic heterocycles. The molecule has 1 N–H and O–H groups in total. The Labute approximate surface area is 193 Å². The van der Waals surface area contributed by atoms with Crippen LogP contribution in [0.5, 0.6) is 0 Å². The number of aromatic nitrogens is 5. The third kappa shape index (κ3) is 4.79. The molecule has 3 heterocycles. The zero-order valence-electron chi connectivity index (χ0n) is 18.8. The number of rotatable bonds is 7. The fourth-order valence-corrected chi connectivity index (χ4v) is 3.39. The van der Waals surface area contributed by atoms with Crippen LogP contribution in [0.4, 0.5) is 18.9 Å². The molecule has 0 unspecified atom stereocenters. The number of nitrogens with one attached hydrogen (secondary N) is 1. The summed E-state index contributed by atoms with van der Waals surface area (Å²) in [6.07, 6.45) is -0.661. The molecule has 1 aromatic carbocycles. The van der Waals surface area contributed by atoms with Gasteiger partial charge in [-0.05, 0) is 24.5 Å². The molecule has 0 aliphatic carbocycles. The van der Waals surface area contributed by atoms with Gasteiger partial charge in [-0.2, -0.15) is 23.4 Å². The van der Waals surface area contributed by atoms with Gasteiger partial charge < -0.3 is 10.1 Å². The fourth-order valence-electron chi connectivity index (χ4n) is 3.39. The van der Waals surface area contributed by atoms with Gasteiger partial charge in [-0.3, -0.25) is 4.79 Å². The Morgan fingerprint density at radius 1 is 1.15 bits per heavy atom. The number of alkyl halides is 3. The van der Waals surface area contributed by atoms with Crippen LogP contribution in [0, 0.1) is 0 Å². The number of benzene rings is 1. The zero-order valence-corrected chi connectivity index (χ0v) is 18.8. The molecule has 0 radical (unpaired) electrons. The Bertz CT molecular complexity index is 1310. The van der Waals surface area contributed by atoms with Crippen LogP contribution in [0.1, 0.15) is 48.3 Å². The molecule has 1 amide bonds. The molecule has 0 saturated carbocycles. The third-order valence-electron chi connectivity index (χ3n) is 5.20. The van der Waals surface area contributed by atoms with Crippen molar-refractivity contribution in [2.45, 2.75) is 39.6 Å². The molecule has 0 bridgehead atoms. The second-order valence-corrected chi connectivity index (χ2v) is 7.94. The summed E-state index contributed by atoms with van der Waals surface area (Å²) < 4.78 is 48.9. The Balaban J connectivity index is 1.72. The Kier molecular flexibility index (Phi) is 6.38. The summed E-state index contributed by atoms with van der Waals surface area (Å²) in [4.78, 5) is 17.2. The third-order valence-corrected chi connectivity index (χ3v) is 5.20. The van der Waals surface area contributed by atoms with E-state index in [1.807, 2.05) is 32.9 Å². The molecule has 0 aliphatic rings. The largest absolute Gasteiger partial charge is 0.433 e. The fraction of sp³-hybridized carbons (Fsp3) is 0.304. The topological polar surface area (TPSA) is 86.3 Å². The predicted molar refractivity (Wildman–Crippen MR) is 119 cm³/mol. The second kappa shape index (κ2) is 9.26. The maximum absolute atomic E-state index is 13.8. The summed E-state index contributed by atoms with van der Waals surface area (Å²) in [5.74, 6) is -0.378. The molecule has 34 heavy (non-hydrogen) atoms. The van der Waals surface area contributed by atoms with E-state index in [2.05, 4.69) is 20.5 Å². The molecule has 8 nitrogen and oxygen atoms in total. The van der Waals surface area contributed by atoms with Gasteiger partial charge in [0.05, 0.1) is 30.0 Å². The smallest absolute Gasteiger partial charge is 0.360 e. The number of anilines is 1. The lowest BCUT2D eigenvalue weighted by Crippen LogP contribution is -2.15. The highest BCUT2D eigenvalue weighted by Gasteiger charge is 2.36. The van der Waals surface area contributed by atoms with Crippen LogP contribution in [0.2, 0.25) is 0 Å². The average Bonchev–Trinajstić information content (AvgIpc) is 3.43. The molecule has 3 aromatic heterocycles. The van der Waals surface area contributed by atoms with Crippen molar-refractivity contribution in [3.63, 3.8) is 0 Å².